The molecular formula is C8H12N4O8P-. The Kier molecular flexibility index (Phi) is 4.39. The smallest absolute Gasteiger partial charge is 0.446 e. The third-order valence-electron chi connectivity index (χ3n) is 2.82. The molecule has 0 aliphatic carbocycles. The predicted octanol–water partition coefficient (Wildman–Crippen LogP) is -4.90. The Morgan fingerprint density at radius 3 is 2.76 bits per heavy atom. The van der Waals surface area contributed by atoms with Crippen LogP contribution in [-0.4, -0.2) is 45.1 Å². The second kappa shape index (κ2) is 5.77. The first-order chi connectivity index (χ1) is 9.69. The molecule has 2 rings (SSSR count). The van der Waals surface area contributed by atoms with Gasteiger partial charge in [0, 0.05) is 0 Å². The maximum absolute atomic E-state index is 10.9. The fraction of sp³-hybridized carbons (Fsp3) is 0.625. The number of aliphatic hydroxyl groups is 2. The van der Waals surface area contributed by atoms with Crippen LogP contribution < -0.4 is 25.8 Å². The van der Waals surface area contributed by atoms with E-state index < -0.39 is 44.7 Å². The normalized spacial score (nSPS) is 29.7. The van der Waals surface area contributed by atoms with E-state index in [4.69, 9.17) is 10.5 Å². The summed E-state index contributed by atoms with van der Waals surface area (Å²) in [6, 6.07) is 0. The minimum atomic E-state index is -5.24. The average molecular weight is 323 g/mol. The molecule has 12 nitrogen and oxygen atoms in total. The van der Waals surface area contributed by atoms with E-state index in [-0.39, 0.29) is 5.95 Å². The first-order valence-electron chi connectivity index (χ1n) is 5.63. The lowest BCUT2D eigenvalue weighted by molar-refractivity contribution is -0.758. The summed E-state index contributed by atoms with van der Waals surface area (Å²) in [5, 5.41) is 19.6. The number of anilines is 1. The number of hydrogen-bond donors (Lipinski definition) is 4. The van der Waals surface area contributed by atoms with Crippen molar-refractivity contribution >= 4 is 13.8 Å². The summed E-state index contributed by atoms with van der Waals surface area (Å²) in [5.74, 6) is -0.203. The highest BCUT2D eigenvalue weighted by molar-refractivity contribution is 7.43. The van der Waals surface area contributed by atoms with Gasteiger partial charge in [0.1, 0.15) is 18.3 Å². The average Bonchev–Trinajstić information content (AvgIpc) is 2.64. The molecule has 0 saturated carbocycles. The number of aromatic amines is 1. The molecule has 13 heteroatoms. The molecule has 1 aromatic heterocycles. The number of ether oxygens (including phenoxy) is 1. The number of phosphoric acid groups is 1. The molecule has 0 radical (unpaired) electrons. The van der Waals surface area contributed by atoms with Gasteiger partial charge in [-0.3, -0.25) is 0 Å². The van der Waals surface area contributed by atoms with Crippen molar-refractivity contribution < 1.29 is 38.4 Å². The quantitative estimate of drug-likeness (QED) is 0.307. The van der Waals surface area contributed by atoms with E-state index in [0.29, 0.717) is 0 Å². The predicted molar refractivity (Wildman–Crippen MR) is 58.9 cm³/mol. The van der Waals surface area contributed by atoms with Crippen LogP contribution in [0.25, 0.3) is 0 Å². The van der Waals surface area contributed by atoms with E-state index in [0.717, 1.165) is 10.9 Å². The molecule has 2 unspecified atom stereocenters. The second-order valence-corrected chi connectivity index (χ2v) is 5.41. The SMILES string of the molecule is Nc1[nH]c(=O)nc[n+]1[C@@H]1O[C@H](COP(=O)([O-])[O-])C(O)C1O. The number of nitrogens with one attached hydrogen (secondary N) is 1. The largest absolute Gasteiger partial charge is 0.790 e. The van der Waals surface area contributed by atoms with Gasteiger partial charge in [0.2, 0.25) is 12.6 Å². The van der Waals surface area contributed by atoms with Gasteiger partial charge in [-0.15, -0.1) is 0 Å². The topological polar surface area (TPSA) is 198 Å². The highest BCUT2D eigenvalue weighted by atomic mass is 31.2. The Labute approximate surface area is 117 Å². The molecule has 0 aromatic carbocycles. The van der Waals surface area contributed by atoms with Crippen molar-refractivity contribution in [2.24, 2.45) is 0 Å². The monoisotopic (exact) mass is 323 g/mol. The molecule has 4 atom stereocenters. The number of aromatic nitrogens is 3. The summed E-state index contributed by atoms with van der Waals surface area (Å²) in [6.45, 7) is -0.768. The molecular weight excluding hydrogens is 311 g/mol. The molecule has 21 heavy (non-hydrogen) atoms. The van der Waals surface area contributed by atoms with Crippen molar-refractivity contribution in [2.75, 3.05) is 12.3 Å². The van der Waals surface area contributed by atoms with Gasteiger partial charge in [-0.05, 0) is 0 Å². The van der Waals surface area contributed by atoms with Crippen LogP contribution in [0.5, 0.6) is 0 Å². The van der Waals surface area contributed by atoms with Crippen LogP contribution in [-0.2, 0) is 13.8 Å². The second-order valence-electron chi connectivity index (χ2n) is 4.26. The Hall–Kier alpha value is -1.40. The molecule has 1 fully saturated rings. The molecule has 1 saturated heterocycles. The van der Waals surface area contributed by atoms with Gasteiger partial charge in [0.25, 0.3) is 0 Å². The van der Waals surface area contributed by atoms with Crippen LogP contribution in [0.1, 0.15) is 6.23 Å². The number of rotatable bonds is 4. The van der Waals surface area contributed by atoms with Crippen molar-refractivity contribution in [3.8, 4) is 0 Å². The van der Waals surface area contributed by atoms with E-state index in [2.05, 4.69) is 14.5 Å². The summed E-state index contributed by atoms with van der Waals surface area (Å²) < 4.78 is 20.6. The van der Waals surface area contributed by atoms with Crippen LogP contribution in [0.2, 0.25) is 0 Å². The zero-order valence-corrected chi connectivity index (χ0v) is 11.3. The summed E-state index contributed by atoms with van der Waals surface area (Å²) in [6.07, 6.45) is -4.57. The minimum Gasteiger partial charge on any atom is -0.790 e. The molecule has 0 bridgehead atoms. The van der Waals surface area contributed by atoms with Gasteiger partial charge in [0.15, 0.2) is 0 Å². The molecule has 0 spiro atoms. The lowest BCUT2D eigenvalue weighted by Crippen LogP contribution is -2.50. The highest BCUT2D eigenvalue weighted by Gasteiger charge is 2.46. The summed E-state index contributed by atoms with van der Waals surface area (Å²) in [7, 11) is -5.24. The van der Waals surface area contributed by atoms with E-state index in [1.54, 1.807) is 0 Å². The number of H-pyrrole nitrogens is 1. The molecule has 2 heterocycles. The number of nitrogens with zero attached hydrogens (tertiary/aromatic N) is 2. The number of nitrogens with two attached hydrogens (primary N) is 1. The van der Waals surface area contributed by atoms with Gasteiger partial charge < -0.3 is 39.6 Å². The van der Waals surface area contributed by atoms with E-state index >= 15 is 0 Å². The Morgan fingerprint density at radius 2 is 2.19 bits per heavy atom. The molecule has 1 aliphatic heterocycles. The lowest BCUT2D eigenvalue weighted by Gasteiger charge is -2.30. The van der Waals surface area contributed by atoms with Crippen LogP contribution in [0.15, 0.2) is 11.1 Å². The van der Waals surface area contributed by atoms with E-state index in [9.17, 15) is 29.4 Å². The molecule has 1 aliphatic rings. The third kappa shape index (κ3) is 3.63. The lowest BCUT2D eigenvalue weighted by atomic mass is 10.1. The zero-order chi connectivity index (χ0) is 15.8. The maximum Gasteiger partial charge on any atom is 0.446 e. The van der Waals surface area contributed by atoms with Gasteiger partial charge in [-0.1, -0.05) is 4.98 Å². The van der Waals surface area contributed by atoms with Crippen LogP contribution in [0.4, 0.5) is 5.95 Å². The van der Waals surface area contributed by atoms with Crippen LogP contribution >= 0.6 is 7.82 Å². The van der Waals surface area contributed by atoms with Gasteiger partial charge in [-0.25, -0.2) is 14.3 Å². The van der Waals surface area contributed by atoms with Crippen LogP contribution in [0, 0.1) is 0 Å². The van der Waals surface area contributed by atoms with Crippen molar-refractivity contribution in [2.45, 2.75) is 24.5 Å². The first kappa shape index (κ1) is 16.0. The standard InChI is InChI=1S/C8H13N4O8P/c9-7-11-8(15)10-2-12(7)6-5(14)4(13)3(20-6)1-19-21(16,17)18/h2-6,13-14H,1H2,(H4,9,11,15,16,17,18)/p-1/t3-,4?,5?,6-/m1/s1. The first-order valence-corrected chi connectivity index (χ1v) is 7.09. The molecule has 118 valence electrons. The fourth-order valence-corrected chi connectivity index (χ4v) is 2.18. The number of nitrogen functional groups attached to an aromatic ring is 1. The Balaban J connectivity index is 2.16. The van der Waals surface area contributed by atoms with Gasteiger partial charge in [-0.2, -0.15) is 0 Å². The van der Waals surface area contributed by atoms with Crippen molar-refractivity contribution in [3.63, 3.8) is 0 Å². The maximum atomic E-state index is 10.9. The summed E-state index contributed by atoms with van der Waals surface area (Å²) in [5.41, 5.74) is 4.79. The molecule has 5 N–H and O–H groups in total. The zero-order valence-electron chi connectivity index (χ0n) is 10.4. The molecule has 1 aromatic rings. The Morgan fingerprint density at radius 1 is 1.52 bits per heavy atom. The fourth-order valence-electron chi connectivity index (χ4n) is 1.85. The van der Waals surface area contributed by atoms with Crippen molar-refractivity contribution in [3.05, 3.63) is 16.8 Å². The van der Waals surface area contributed by atoms with E-state index in [1.165, 1.54) is 0 Å². The van der Waals surface area contributed by atoms with Gasteiger partial charge in [0.05, 0.1) is 14.4 Å². The number of aliphatic hydroxyl groups excluding tert-OH is 2. The third-order valence-corrected chi connectivity index (χ3v) is 3.29. The Bertz CT molecular complexity index is 617. The van der Waals surface area contributed by atoms with Crippen LogP contribution in [0.3, 0.4) is 0 Å². The minimum absolute atomic E-state index is 0.203. The van der Waals surface area contributed by atoms with E-state index in [1.807, 2.05) is 0 Å². The summed E-state index contributed by atoms with van der Waals surface area (Å²) >= 11 is 0. The van der Waals surface area contributed by atoms with Crippen molar-refractivity contribution in [1.29, 1.82) is 0 Å². The molecule has 0 amide bonds. The summed E-state index contributed by atoms with van der Waals surface area (Å²) in [4.78, 5) is 37.3. The highest BCUT2D eigenvalue weighted by Crippen LogP contribution is 2.30. The number of phosphoric ester groups is 1. The number of hydrogen-bond acceptors (Lipinski definition) is 10. The van der Waals surface area contributed by atoms with Crippen molar-refractivity contribution in [1.82, 2.24) is 9.97 Å². The van der Waals surface area contributed by atoms with Gasteiger partial charge >= 0.3 is 11.6 Å².